The van der Waals surface area contributed by atoms with Crippen LogP contribution in [0.1, 0.15) is 26.2 Å². The van der Waals surface area contributed by atoms with Crippen LogP contribution >= 0.6 is 27.3 Å². The van der Waals surface area contributed by atoms with Crippen LogP contribution in [-0.2, 0) is 0 Å². The molecule has 6 nitrogen and oxygen atoms in total. The smallest absolute Gasteiger partial charge is 0.325 e. The molecular weight excluding hydrogens is 378 g/mol. The van der Waals surface area contributed by atoms with E-state index in [2.05, 4.69) is 48.6 Å². The minimum absolute atomic E-state index is 0.328. The first-order valence-corrected chi connectivity index (χ1v) is 9.17. The Morgan fingerprint density at radius 3 is 2.91 bits per heavy atom. The Kier molecular flexibility index (Phi) is 5.12. The van der Waals surface area contributed by atoms with E-state index < -0.39 is 0 Å². The highest BCUT2D eigenvalue weighted by atomic mass is 79.9. The number of benzene rings is 1. The van der Waals surface area contributed by atoms with Crippen molar-refractivity contribution in [2.45, 2.75) is 32.2 Å². The number of carbonyl (C=O) groups excluding carboxylic acids is 1. The zero-order chi connectivity index (χ0) is 16.2. The molecule has 122 valence electrons. The van der Waals surface area contributed by atoms with Gasteiger partial charge in [-0.1, -0.05) is 23.5 Å². The number of rotatable bonds is 3. The number of hydrogen-bond acceptors (Lipinski definition) is 5. The molecule has 1 aromatic heterocycles. The Morgan fingerprint density at radius 2 is 2.13 bits per heavy atom. The number of aromatic nitrogens is 2. The van der Waals surface area contributed by atoms with Gasteiger partial charge in [-0.05, 0) is 54.2 Å². The van der Waals surface area contributed by atoms with Gasteiger partial charge in [0.25, 0.3) is 0 Å². The van der Waals surface area contributed by atoms with Gasteiger partial charge in [-0.2, -0.15) is 0 Å². The Morgan fingerprint density at radius 1 is 1.30 bits per heavy atom. The van der Waals surface area contributed by atoms with Gasteiger partial charge >= 0.3 is 6.03 Å². The second-order valence-corrected chi connectivity index (χ2v) is 7.30. The quantitative estimate of drug-likeness (QED) is 0.811. The number of hydrogen-bond donors (Lipinski definition) is 2. The summed E-state index contributed by atoms with van der Waals surface area (Å²) in [6.07, 6.45) is 3.61. The van der Waals surface area contributed by atoms with Gasteiger partial charge in [-0.3, -0.25) is 5.32 Å². The largest absolute Gasteiger partial charge is 0.344 e. The van der Waals surface area contributed by atoms with Crippen LogP contribution in [0.5, 0.6) is 0 Å². The van der Waals surface area contributed by atoms with Crippen molar-refractivity contribution in [3.05, 3.63) is 28.7 Å². The van der Waals surface area contributed by atoms with Crippen molar-refractivity contribution in [1.29, 1.82) is 0 Å². The lowest BCUT2D eigenvalue weighted by Crippen LogP contribution is -2.37. The molecule has 1 aliphatic rings. The molecule has 1 fully saturated rings. The topological polar surface area (TPSA) is 70.2 Å². The number of nitrogens with zero attached hydrogens (tertiary/aromatic N) is 3. The van der Waals surface area contributed by atoms with Gasteiger partial charge in [0.15, 0.2) is 0 Å². The van der Waals surface area contributed by atoms with Crippen LogP contribution in [-0.4, -0.2) is 28.8 Å². The molecule has 0 aliphatic carbocycles. The molecule has 2 amide bonds. The fraction of sp³-hybridized carbons (Fsp3) is 0.400. The summed E-state index contributed by atoms with van der Waals surface area (Å²) < 4.78 is 0.829. The average Bonchev–Trinajstić information content (AvgIpc) is 2.98. The summed E-state index contributed by atoms with van der Waals surface area (Å²) >= 11 is 4.80. The van der Waals surface area contributed by atoms with Gasteiger partial charge in [0.1, 0.15) is 0 Å². The summed E-state index contributed by atoms with van der Waals surface area (Å²) in [4.78, 5) is 14.3. The maximum atomic E-state index is 12.1. The van der Waals surface area contributed by atoms with Crippen LogP contribution in [0.25, 0.3) is 0 Å². The lowest BCUT2D eigenvalue weighted by Gasteiger charge is -2.32. The lowest BCUT2D eigenvalue weighted by atomic mass is 10.1. The highest BCUT2D eigenvalue weighted by Gasteiger charge is 2.22. The number of carbonyl (C=O) groups is 1. The van der Waals surface area contributed by atoms with E-state index in [9.17, 15) is 4.79 Å². The van der Waals surface area contributed by atoms with Gasteiger partial charge in [-0.25, -0.2) is 4.79 Å². The van der Waals surface area contributed by atoms with Gasteiger partial charge in [0.05, 0.1) is 5.69 Å². The molecule has 2 heterocycles. The summed E-state index contributed by atoms with van der Waals surface area (Å²) in [6, 6.07) is 7.59. The fourth-order valence-electron chi connectivity index (χ4n) is 2.58. The number of piperidine rings is 1. The van der Waals surface area contributed by atoms with Crippen molar-refractivity contribution in [3.63, 3.8) is 0 Å². The number of amides is 2. The van der Waals surface area contributed by atoms with Crippen molar-refractivity contribution < 1.29 is 4.79 Å². The van der Waals surface area contributed by atoms with E-state index in [4.69, 9.17) is 0 Å². The lowest BCUT2D eigenvalue weighted by molar-refractivity contribution is 0.262. The molecule has 1 aromatic carbocycles. The van der Waals surface area contributed by atoms with Crippen LogP contribution in [0.2, 0.25) is 0 Å². The highest BCUT2D eigenvalue weighted by Crippen LogP contribution is 2.29. The van der Waals surface area contributed by atoms with Gasteiger partial charge in [-0.15, -0.1) is 10.2 Å². The predicted octanol–water partition coefficient (Wildman–Crippen LogP) is 4.32. The van der Waals surface area contributed by atoms with E-state index >= 15 is 0 Å². The Bertz CT molecular complexity index is 692. The molecule has 2 aromatic rings. The minimum atomic E-state index is -0.328. The first-order valence-electron chi connectivity index (χ1n) is 7.56. The molecule has 1 saturated heterocycles. The summed E-state index contributed by atoms with van der Waals surface area (Å²) in [5.74, 6) is 0. The number of para-hydroxylation sites is 1. The van der Waals surface area contributed by atoms with E-state index in [0.717, 1.165) is 16.1 Å². The average molecular weight is 396 g/mol. The molecule has 0 unspecified atom stereocenters. The van der Waals surface area contributed by atoms with E-state index in [1.165, 1.54) is 30.6 Å². The molecule has 8 heteroatoms. The normalized spacial score (nSPS) is 17.8. The van der Waals surface area contributed by atoms with Gasteiger partial charge in [0.2, 0.25) is 10.3 Å². The standard InChI is InChI=1S/C15H18BrN5OS/c1-10-6-4-5-9-21(10)15-20-19-14(23-15)18-13(22)17-12-8-3-2-7-11(12)16/h2-3,7-8,10H,4-6,9H2,1H3,(H2,17,18,19,22)/t10-/m1/s1. The molecule has 23 heavy (non-hydrogen) atoms. The second kappa shape index (κ2) is 7.27. The Balaban J connectivity index is 1.62. The van der Waals surface area contributed by atoms with Crippen LogP contribution in [0.15, 0.2) is 28.7 Å². The maximum Gasteiger partial charge on any atom is 0.325 e. The maximum absolute atomic E-state index is 12.1. The molecule has 3 rings (SSSR count). The van der Waals surface area contributed by atoms with Crippen LogP contribution in [0, 0.1) is 0 Å². The molecule has 1 atom stereocenters. The molecule has 0 spiro atoms. The Hall–Kier alpha value is -1.67. The van der Waals surface area contributed by atoms with Crippen LogP contribution in [0.4, 0.5) is 20.7 Å². The second-order valence-electron chi connectivity index (χ2n) is 5.49. The Labute approximate surface area is 147 Å². The number of anilines is 3. The van der Waals surface area contributed by atoms with E-state index in [1.807, 2.05) is 24.3 Å². The predicted molar refractivity (Wildman–Crippen MR) is 97.4 cm³/mol. The molecule has 0 saturated carbocycles. The molecule has 0 radical (unpaired) electrons. The monoisotopic (exact) mass is 395 g/mol. The molecule has 2 N–H and O–H groups in total. The zero-order valence-corrected chi connectivity index (χ0v) is 15.2. The molecule has 1 aliphatic heterocycles. The van der Waals surface area contributed by atoms with E-state index in [0.29, 0.717) is 16.9 Å². The summed E-state index contributed by atoms with van der Waals surface area (Å²) in [5, 5.41) is 15.2. The van der Waals surface area contributed by atoms with Crippen molar-refractivity contribution in [2.75, 3.05) is 22.1 Å². The van der Waals surface area contributed by atoms with Crippen molar-refractivity contribution in [3.8, 4) is 0 Å². The van der Waals surface area contributed by atoms with Crippen molar-refractivity contribution in [2.24, 2.45) is 0 Å². The van der Waals surface area contributed by atoms with Crippen LogP contribution in [0.3, 0.4) is 0 Å². The highest BCUT2D eigenvalue weighted by molar-refractivity contribution is 9.10. The number of nitrogens with one attached hydrogen (secondary N) is 2. The third-order valence-electron chi connectivity index (χ3n) is 3.81. The van der Waals surface area contributed by atoms with E-state index in [-0.39, 0.29) is 6.03 Å². The van der Waals surface area contributed by atoms with Crippen molar-refractivity contribution >= 4 is 49.2 Å². The van der Waals surface area contributed by atoms with Crippen LogP contribution < -0.4 is 15.5 Å². The first-order chi connectivity index (χ1) is 11.1. The van der Waals surface area contributed by atoms with Crippen molar-refractivity contribution in [1.82, 2.24) is 10.2 Å². The van der Waals surface area contributed by atoms with Gasteiger partial charge in [0, 0.05) is 17.1 Å². The SMILES string of the molecule is C[C@@H]1CCCCN1c1nnc(NC(=O)Nc2ccccc2Br)s1. The third kappa shape index (κ3) is 4.00. The summed E-state index contributed by atoms with van der Waals surface area (Å²) in [7, 11) is 0. The fourth-order valence-corrected chi connectivity index (χ4v) is 3.83. The molecule has 0 bridgehead atoms. The summed E-state index contributed by atoms with van der Waals surface area (Å²) in [6.45, 7) is 3.20. The van der Waals surface area contributed by atoms with E-state index in [1.54, 1.807) is 0 Å². The third-order valence-corrected chi connectivity index (χ3v) is 5.37. The van der Waals surface area contributed by atoms with Gasteiger partial charge < -0.3 is 10.2 Å². The summed E-state index contributed by atoms with van der Waals surface area (Å²) in [5.41, 5.74) is 0.708. The zero-order valence-electron chi connectivity index (χ0n) is 12.8. The first kappa shape index (κ1) is 16.2. The number of urea groups is 1. The minimum Gasteiger partial charge on any atom is -0.344 e. The number of halogens is 1. The molecular formula is C15H18BrN5OS.